The fraction of sp³-hybridized carbons (Fsp3) is 0.467. The maximum absolute atomic E-state index is 12.3. The van der Waals surface area contributed by atoms with E-state index < -0.39 is 0 Å². The lowest BCUT2D eigenvalue weighted by molar-refractivity contribution is -0.119. The molecular formula is C15H19N3O2. The van der Waals surface area contributed by atoms with Crippen molar-refractivity contribution in [1.82, 2.24) is 10.3 Å². The van der Waals surface area contributed by atoms with Crippen molar-refractivity contribution in [1.29, 1.82) is 0 Å². The van der Waals surface area contributed by atoms with Gasteiger partial charge < -0.3 is 15.1 Å². The second-order valence-corrected chi connectivity index (χ2v) is 5.46. The molecule has 20 heavy (non-hydrogen) atoms. The fourth-order valence-corrected chi connectivity index (χ4v) is 2.74. The number of aryl methyl sites for hydroxylation is 1. The minimum absolute atomic E-state index is 0.0248. The van der Waals surface area contributed by atoms with Crippen LogP contribution in [0.1, 0.15) is 25.7 Å². The number of oxazole rings is 1. The lowest BCUT2D eigenvalue weighted by atomic mass is 9.92. The number of carbonyl (C=O) groups excluding carboxylic acids is 1. The number of hydrogen-bond donors (Lipinski definition) is 2. The average Bonchev–Trinajstić information content (AvgIpc) is 2.78. The molecule has 106 valence electrons. The Labute approximate surface area is 117 Å². The van der Waals surface area contributed by atoms with Crippen molar-refractivity contribution >= 4 is 22.7 Å². The van der Waals surface area contributed by atoms with Gasteiger partial charge in [-0.1, -0.05) is 6.92 Å². The van der Waals surface area contributed by atoms with Crippen LogP contribution < -0.4 is 10.6 Å². The summed E-state index contributed by atoms with van der Waals surface area (Å²) in [6.45, 7) is 4.83. The standard InChI is InChI=1S/C15H19N3O2/c1-9-4-3-7-16-14(9)15(19)18-11-5-6-13-12(8-11)17-10(2)20-13/h5-6,8-9,14,16H,3-4,7H2,1-2H3,(H,18,19). The van der Waals surface area contributed by atoms with Crippen molar-refractivity contribution in [3.63, 3.8) is 0 Å². The lowest BCUT2D eigenvalue weighted by Gasteiger charge is -2.28. The molecule has 1 aliphatic rings. The second kappa shape index (κ2) is 5.25. The van der Waals surface area contributed by atoms with Gasteiger partial charge in [0, 0.05) is 12.6 Å². The van der Waals surface area contributed by atoms with E-state index in [-0.39, 0.29) is 11.9 Å². The summed E-state index contributed by atoms with van der Waals surface area (Å²) in [5.41, 5.74) is 2.27. The number of fused-ring (bicyclic) bond motifs is 1. The van der Waals surface area contributed by atoms with Crippen molar-refractivity contribution in [2.75, 3.05) is 11.9 Å². The van der Waals surface area contributed by atoms with Gasteiger partial charge in [0.2, 0.25) is 5.91 Å². The summed E-state index contributed by atoms with van der Waals surface area (Å²) in [4.78, 5) is 16.6. The Morgan fingerprint density at radius 3 is 3.15 bits per heavy atom. The van der Waals surface area contributed by atoms with Gasteiger partial charge in [-0.3, -0.25) is 4.79 Å². The predicted molar refractivity (Wildman–Crippen MR) is 77.6 cm³/mol. The van der Waals surface area contributed by atoms with E-state index in [0.717, 1.165) is 36.2 Å². The maximum Gasteiger partial charge on any atom is 0.241 e. The first-order valence-corrected chi connectivity index (χ1v) is 7.05. The molecule has 5 heteroatoms. The Morgan fingerprint density at radius 2 is 2.35 bits per heavy atom. The molecule has 1 fully saturated rings. The first-order chi connectivity index (χ1) is 9.63. The topological polar surface area (TPSA) is 67.2 Å². The molecule has 0 aliphatic carbocycles. The molecule has 2 atom stereocenters. The van der Waals surface area contributed by atoms with Crippen LogP contribution in [-0.2, 0) is 4.79 Å². The summed E-state index contributed by atoms with van der Waals surface area (Å²) in [6, 6.07) is 5.41. The van der Waals surface area contributed by atoms with Crippen LogP contribution in [0.3, 0.4) is 0 Å². The first-order valence-electron chi connectivity index (χ1n) is 7.05. The molecule has 1 saturated heterocycles. The minimum Gasteiger partial charge on any atom is -0.441 e. The molecule has 1 aliphatic heterocycles. The summed E-state index contributed by atoms with van der Waals surface area (Å²) in [7, 11) is 0. The Kier molecular flexibility index (Phi) is 3.44. The van der Waals surface area contributed by atoms with Gasteiger partial charge >= 0.3 is 0 Å². The lowest BCUT2D eigenvalue weighted by Crippen LogP contribution is -2.48. The number of amides is 1. The monoisotopic (exact) mass is 273 g/mol. The normalized spacial score (nSPS) is 22.9. The minimum atomic E-state index is -0.113. The van der Waals surface area contributed by atoms with E-state index in [1.807, 2.05) is 25.1 Å². The van der Waals surface area contributed by atoms with Gasteiger partial charge in [0.25, 0.3) is 0 Å². The Balaban J connectivity index is 1.76. The molecule has 2 unspecified atom stereocenters. The molecule has 0 radical (unpaired) electrons. The van der Waals surface area contributed by atoms with Crippen LogP contribution in [0.2, 0.25) is 0 Å². The molecule has 0 spiro atoms. The van der Waals surface area contributed by atoms with Crippen LogP contribution in [0.5, 0.6) is 0 Å². The number of hydrogen-bond acceptors (Lipinski definition) is 4. The Morgan fingerprint density at radius 1 is 1.50 bits per heavy atom. The first kappa shape index (κ1) is 13.1. The van der Waals surface area contributed by atoms with Gasteiger partial charge in [0.1, 0.15) is 5.52 Å². The number of aromatic nitrogens is 1. The van der Waals surface area contributed by atoms with Crippen molar-refractivity contribution in [3.05, 3.63) is 24.1 Å². The smallest absolute Gasteiger partial charge is 0.241 e. The van der Waals surface area contributed by atoms with Crippen molar-refractivity contribution in [3.8, 4) is 0 Å². The average molecular weight is 273 g/mol. The van der Waals surface area contributed by atoms with Gasteiger partial charge in [-0.15, -0.1) is 0 Å². The molecule has 0 bridgehead atoms. The van der Waals surface area contributed by atoms with Crippen LogP contribution in [-0.4, -0.2) is 23.5 Å². The van der Waals surface area contributed by atoms with E-state index in [4.69, 9.17) is 4.42 Å². The quantitative estimate of drug-likeness (QED) is 0.882. The van der Waals surface area contributed by atoms with Crippen LogP contribution in [0.15, 0.2) is 22.6 Å². The molecular weight excluding hydrogens is 254 g/mol. The highest BCUT2D eigenvalue weighted by atomic mass is 16.3. The van der Waals surface area contributed by atoms with Gasteiger partial charge in [-0.2, -0.15) is 0 Å². The third-order valence-corrected chi connectivity index (χ3v) is 3.81. The number of carbonyl (C=O) groups is 1. The molecule has 2 heterocycles. The van der Waals surface area contributed by atoms with E-state index in [2.05, 4.69) is 22.5 Å². The summed E-state index contributed by atoms with van der Waals surface area (Å²) in [5, 5.41) is 6.24. The van der Waals surface area contributed by atoms with Crippen molar-refractivity contribution < 1.29 is 9.21 Å². The highest BCUT2D eigenvalue weighted by Crippen LogP contribution is 2.21. The summed E-state index contributed by atoms with van der Waals surface area (Å²) < 4.78 is 5.43. The summed E-state index contributed by atoms with van der Waals surface area (Å²) in [5.74, 6) is 1.02. The number of anilines is 1. The molecule has 3 rings (SSSR count). The molecule has 2 N–H and O–H groups in total. The third kappa shape index (κ3) is 2.54. The number of rotatable bonds is 2. The number of nitrogens with zero attached hydrogens (tertiary/aromatic N) is 1. The highest BCUT2D eigenvalue weighted by Gasteiger charge is 2.27. The zero-order valence-electron chi connectivity index (χ0n) is 11.8. The number of piperidine rings is 1. The number of nitrogens with one attached hydrogen (secondary N) is 2. The zero-order chi connectivity index (χ0) is 14.1. The van der Waals surface area contributed by atoms with Gasteiger partial charge in [0.05, 0.1) is 6.04 Å². The second-order valence-electron chi connectivity index (χ2n) is 5.46. The van der Waals surface area contributed by atoms with Crippen LogP contribution >= 0.6 is 0 Å². The van der Waals surface area contributed by atoms with Crippen LogP contribution in [0.4, 0.5) is 5.69 Å². The molecule has 1 amide bonds. The SMILES string of the molecule is Cc1nc2cc(NC(=O)C3NCCCC3C)ccc2o1. The molecule has 1 aromatic carbocycles. The van der Waals surface area contributed by atoms with E-state index in [0.29, 0.717) is 11.8 Å². The predicted octanol–water partition coefficient (Wildman–Crippen LogP) is 2.46. The Bertz CT molecular complexity index is 635. The van der Waals surface area contributed by atoms with E-state index >= 15 is 0 Å². The number of benzene rings is 1. The van der Waals surface area contributed by atoms with Crippen LogP contribution in [0, 0.1) is 12.8 Å². The van der Waals surface area contributed by atoms with Gasteiger partial charge in [0.15, 0.2) is 11.5 Å². The van der Waals surface area contributed by atoms with Gasteiger partial charge in [-0.05, 0) is 43.5 Å². The van der Waals surface area contributed by atoms with E-state index in [1.165, 1.54) is 0 Å². The third-order valence-electron chi connectivity index (χ3n) is 3.81. The molecule has 2 aromatic rings. The van der Waals surface area contributed by atoms with Gasteiger partial charge in [-0.25, -0.2) is 4.98 Å². The van der Waals surface area contributed by atoms with Crippen LogP contribution in [0.25, 0.3) is 11.1 Å². The maximum atomic E-state index is 12.3. The van der Waals surface area contributed by atoms with Crippen molar-refractivity contribution in [2.24, 2.45) is 5.92 Å². The molecule has 1 aromatic heterocycles. The largest absolute Gasteiger partial charge is 0.441 e. The van der Waals surface area contributed by atoms with E-state index in [9.17, 15) is 4.79 Å². The zero-order valence-corrected chi connectivity index (χ0v) is 11.8. The Hall–Kier alpha value is -1.88. The van der Waals surface area contributed by atoms with E-state index in [1.54, 1.807) is 0 Å². The molecule has 0 saturated carbocycles. The fourth-order valence-electron chi connectivity index (χ4n) is 2.74. The highest BCUT2D eigenvalue weighted by molar-refractivity contribution is 5.96. The van der Waals surface area contributed by atoms with Crippen molar-refractivity contribution in [2.45, 2.75) is 32.7 Å². The summed E-state index contributed by atoms with van der Waals surface area (Å²) >= 11 is 0. The molecule has 5 nitrogen and oxygen atoms in total. The summed E-state index contributed by atoms with van der Waals surface area (Å²) in [6.07, 6.45) is 2.22.